The lowest BCUT2D eigenvalue weighted by molar-refractivity contribution is -0.154. The van der Waals surface area contributed by atoms with E-state index in [1.807, 2.05) is 0 Å². The van der Waals surface area contributed by atoms with Crippen LogP contribution in [0.4, 0.5) is 33.5 Å². The fraction of sp³-hybridized carbons (Fsp3) is 0.478. The van der Waals surface area contributed by atoms with Gasteiger partial charge < -0.3 is 9.80 Å². The highest BCUT2D eigenvalue weighted by atomic mass is 32.2. The van der Waals surface area contributed by atoms with Crippen LogP contribution in [-0.2, 0) is 0 Å². The minimum Gasteiger partial charge on any atom is -0.360 e. The zero-order chi connectivity index (χ0) is 25.2. The molecule has 1 fully saturated rings. The number of anilines is 2. The van der Waals surface area contributed by atoms with Crippen LogP contribution in [0.3, 0.4) is 0 Å². The molecule has 0 aliphatic carbocycles. The van der Waals surface area contributed by atoms with E-state index in [1.54, 1.807) is 6.92 Å². The highest BCUT2D eigenvalue weighted by Crippen LogP contribution is 2.40. The third-order valence-corrected chi connectivity index (χ3v) is 7.26. The molecule has 0 spiro atoms. The van der Waals surface area contributed by atoms with Gasteiger partial charge in [0.25, 0.3) is 0 Å². The molecular formula is C23H28F5N5S. The molecular weight excluding hydrogens is 473 g/mol. The smallest absolute Gasteiger partial charge is 0.360 e. The van der Waals surface area contributed by atoms with Crippen LogP contribution < -0.4 is 9.80 Å². The number of halogens is 5. The molecule has 2 aromatic rings. The van der Waals surface area contributed by atoms with E-state index in [9.17, 15) is 22.0 Å². The van der Waals surface area contributed by atoms with Gasteiger partial charge in [0.1, 0.15) is 17.7 Å². The molecule has 4 atom stereocenters. The van der Waals surface area contributed by atoms with Gasteiger partial charge in [-0.05, 0) is 37.3 Å². The summed E-state index contributed by atoms with van der Waals surface area (Å²) in [4.78, 5) is 2.53. The Labute approximate surface area is 199 Å². The van der Waals surface area contributed by atoms with Gasteiger partial charge in [0, 0.05) is 29.9 Å². The molecule has 186 valence electrons. The molecule has 2 N–H and O–H groups in total. The molecule has 1 saturated heterocycles. The second-order valence-corrected chi connectivity index (χ2v) is 9.76. The molecule has 5 nitrogen and oxygen atoms in total. The fourth-order valence-corrected chi connectivity index (χ4v) is 4.93. The molecule has 3 rings (SSSR count). The maximum Gasteiger partial charge on any atom is 0.408 e. The van der Waals surface area contributed by atoms with Crippen molar-refractivity contribution in [2.75, 3.05) is 23.4 Å². The molecule has 34 heavy (non-hydrogen) atoms. The molecule has 1 aromatic carbocycles. The molecule has 3 unspecified atom stereocenters. The van der Waals surface area contributed by atoms with Gasteiger partial charge in [-0.3, -0.25) is 10.5 Å². The second kappa shape index (κ2) is 10.4. The number of amidine groups is 1. The number of thioether (sulfide) groups is 1. The molecule has 1 aliphatic rings. The van der Waals surface area contributed by atoms with Crippen molar-refractivity contribution in [3.05, 3.63) is 43.3 Å². The Morgan fingerprint density at radius 3 is 2.74 bits per heavy atom. The summed E-state index contributed by atoms with van der Waals surface area (Å²) in [5.41, 5.74) is 0.115. The molecule has 1 aromatic heterocycles. The SMILES string of the molecule is C=CC[C@@H](F)C(C)SC(=N)N(C)c1n[nH]c2c(F)cc(N3CCC(C=C)CC3C(F)(F)F)cc12. The summed E-state index contributed by atoms with van der Waals surface area (Å²) in [6, 6.07) is 0.760. The van der Waals surface area contributed by atoms with Crippen molar-refractivity contribution in [1.29, 1.82) is 5.41 Å². The maximum absolute atomic E-state index is 14.9. The number of allylic oxidation sites excluding steroid dienone is 2. The first kappa shape index (κ1) is 26.1. The Morgan fingerprint density at radius 2 is 2.12 bits per heavy atom. The van der Waals surface area contributed by atoms with E-state index >= 15 is 0 Å². The van der Waals surface area contributed by atoms with Gasteiger partial charge in [-0.1, -0.05) is 30.8 Å². The van der Waals surface area contributed by atoms with E-state index in [0.717, 1.165) is 17.8 Å². The minimum atomic E-state index is -4.49. The van der Waals surface area contributed by atoms with Crippen LogP contribution >= 0.6 is 11.8 Å². The van der Waals surface area contributed by atoms with E-state index in [2.05, 4.69) is 23.4 Å². The topological polar surface area (TPSA) is 59.0 Å². The quantitative estimate of drug-likeness (QED) is 0.198. The third-order valence-electron chi connectivity index (χ3n) is 6.10. The average molecular weight is 502 g/mol. The Bertz CT molecular complexity index is 1050. The van der Waals surface area contributed by atoms with Gasteiger partial charge in [0.15, 0.2) is 16.8 Å². The monoisotopic (exact) mass is 501 g/mol. The predicted octanol–water partition coefficient (Wildman–Crippen LogP) is 6.44. The lowest BCUT2D eigenvalue weighted by atomic mass is 9.90. The first-order valence-electron chi connectivity index (χ1n) is 10.8. The van der Waals surface area contributed by atoms with Crippen molar-refractivity contribution < 1.29 is 22.0 Å². The van der Waals surface area contributed by atoms with Gasteiger partial charge in [0.2, 0.25) is 0 Å². The van der Waals surface area contributed by atoms with Crippen LogP contribution in [-0.4, -0.2) is 52.6 Å². The van der Waals surface area contributed by atoms with Crippen molar-refractivity contribution in [1.82, 2.24) is 10.2 Å². The summed E-state index contributed by atoms with van der Waals surface area (Å²) < 4.78 is 70.5. The number of H-pyrrole nitrogens is 1. The standard InChI is InChI=1S/C23H28F5N5S/c1-5-7-17(24)13(3)34-22(29)32(4)21-16-11-15(12-18(25)20(16)30-31-21)33-9-8-14(6-2)10-19(33)23(26,27)28/h5-6,11-14,17,19,29H,1-2,7-10H2,3-4H3,(H,30,31)/t13?,14?,17-,19?/m1/s1. The van der Waals surface area contributed by atoms with Crippen LogP contribution in [0.25, 0.3) is 10.9 Å². The number of hydrogen-bond donors (Lipinski definition) is 2. The number of hydrogen-bond acceptors (Lipinski definition) is 4. The van der Waals surface area contributed by atoms with Crippen molar-refractivity contribution in [3.8, 4) is 0 Å². The molecule has 0 radical (unpaired) electrons. The van der Waals surface area contributed by atoms with E-state index < -0.39 is 29.5 Å². The first-order chi connectivity index (χ1) is 16.0. The zero-order valence-electron chi connectivity index (χ0n) is 19.0. The zero-order valence-corrected chi connectivity index (χ0v) is 19.8. The van der Waals surface area contributed by atoms with Gasteiger partial charge >= 0.3 is 6.18 Å². The second-order valence-electron chi connectivity index (χ2n) is 8.40. The minimum absolute atomic E-state index is 0.0241. The number of nitrogens with one attached hydrogen (secondary N) is 2. The molecule has 0 amide bonds. The number of fused-ring (bicyclic) bond motifs is 1. The normalized spacial score (nSPS) is 20.7. The van der Waals surface area contributed by atoms with Gasteiger partial charge in [-0.2, -0.15) is 18.3 Å². The number of aromatic amines is 1. The molecule has 0 saturated carbocycles. The van der Waals surface area contributed by atoms with Crippen LogP contribution in [0.1, 0.15) is 26.2 Å². The Balaban J connectivity index is 1.93. The molecule has 11 heteroatoms. The molecule has 1 aliphatic heterocycles. The molecule has 2 heterocycles. The van der Waals surface area contributed by atoms with Crippen LogP contribution in [0, 0.1) is 17.1 Å². The number of alkyl halides is 4. The summed E-state index contributed by atoms with van der Waals surface area (Å²) in [6.45, 7) is 8.88. The maximum atomic E-state index is 14.9. The highest BCUT2D eigenvalue weighted by molar-refractivity contribution is 8.14. The number of piperidine rings is 1. The fourth-order valence-electron chi connectivity index (χ4n) is 4.08. The summed E-state index contributed by atoms with van der Waals surface area (Å²) in [5, 5.41) is 14.7. The Kier molecular flexibility index (Phi) is 7.95. The summed E-state index contributed by atoms with van der Waals surface area (Å²) >= 11 is 0.976. The number of rotatable bonds is 7. The molecule has 0 bridgehead atoms. The average Bonchev–Trinajstić information content (AvgIpc) is 3.22. The van der Waals surface area contributed by atoms with Crippen molar-refractivity contribution in [2.45, 2.75) is 49.8 Å². The van der Waals surface area contributed by atoms with Crippen molar-refractivity contribution in [2.24, 2.45) is 5.92 Å². The lowest BCUT2D eigenvalue weighted by Gasteiger charge is -2.41. The largest absolute Gasteiger partial charge is 0.408 e. The van der Waals surface area contributed by atoms with Gasteiger partial charge in [0.05, 0.1) is 0 Å². The predicted molar refractivity (Wildman–Crippen MR) is 129 cm³/mol. The lowest BCUT2D eigenvalue weighted by Crippen LogP contribution is -2.50. The van der Waals surface area contributed by atoms with Crippen molar-refractivity contribution >= 4 is 39.3 Å². The number of benzene rings is 1. The van der Waals surface area contributed by atoms with Crippen molar-refractivity contribution in [3.63, 3.8) is 0 Å². The number of aromatic nitrogens is 2. The summed E-state index contributed by atoms with van der Waals surface area (Å²) in [5.74, 6) is -0.843. The Morgan fingerprint density at radius 1 is 1.41 bits per heavy atom. The van der Waals surface area contributed by atoms with Crippen LogP contribution in [0.5, 0.6) is 0 Å². The van der Waals surface area contributed by atoms with Crippen LogP contribution in [0.15, 0.2) is 37.4 Å². The highest BCUT2D eigenvalue weighted by Gasteiger charge is 2.46. The van der Waals surface area contributed by atoms with E-state index in [4.69, 9.17) is 5.41 Å². The van der Waals surface area contributed by atoms with E-state index in [1.165, 1.54) is 35.1 Å². The van der Waals surface area contributed by atoms with E-state index in [-0.39, 0.29) is 52.9 Å². The van der Waals surface area contributed by atoms with Crippen LogP contribution in [0.2, 0.25) is 0 Å². The third kappa shape index (κ3) is 5.39. The first-order valence-corrected chi connectivity index (χ1v) is 11.7. The van der Waals surface area contributed by atoms with E-state index in [0.29, 0.717) is 6.42 Å². The van der Waals surface area contributed by atoms with Gasteiger partial charge in [-0.15, -0.1) is 13.2 Å². The summed E-state index contributed by atoms with van der Waals surface area (Å²) in [6.07, 6.45) is -2.23. The number of nitrogens with zero attached hydrogens (tertiary/aromatic N) is 3. The van der Waals surface area contributed by atoms with Gasteiger partial charge in [-0.25, -0.2) is 8.78 Å². The summed E-state index contributed by atoms with van der Waals surface area (Å²) in [7, 11) is 1.52. The Hall–Kier alpha value is -2.56.